The van der Waals surface area contributed by atoms with Crippen LogP contribution in [-0.2, 0) is 4.79 Å². The SMILES string of the molecule is COc1cc2ccccc2cc1C(=O)N/N=C\c1cc(I)c(OCC(=O)Nc2ccccc2)c(OC)c1. The third-order valence-corrected chi connectivity index (χ3v) is 6.15. The van der Waals surface area contributed by atoms with Crippen LogP contribution in [0.2, 0.25) is 0 Å². The maximum atomic E-state index is 12.8. The summed E-state index contributed by atoms with van der Waals surface area (Å²) < 4.78 is 17.3. The molecule has 0 heterocycles. The summed E-state index contributed by atoms with van der Waals surface area (Å²) in [4.78, 5) is 25.0. The highest BCUT2D eigenvalue weighted by atomic mass is 127. The van der Waals surface area contributed by atoms with E-state index in [4.69, 9.17) is 14.2 Å². The molecule has 9 heteroatoms. The Labute approximate surface area is 227 Å². The van der Waals surface area contributed by atoms with Gasteiger partial charge in [-0.1, -0.05) is 42.5 Å². The van der Waals surface area contributed by atoms with E-state index in [9.17, 15) is 9.59 Å². The molecule has 0 aromatic heterocycles. The maximum absolute atomic E-state index is 12.8. The van der Waals surface area contributed by atoms with Gasteiger partial charge in [-0.3, -0.25) is 9.59 Å². The number of carbonyl (C=O) groups excluding carboxylic acids is 2. The van der Waals surface area contributed by atoms with Crippen LogP contribution in [0.5, 0.6) is 17.2 Å². The number of nitrogens with one attached hydrogen (secondary N) is 2. The first-order chi connectivity index (χ1) is 18.0. The molecule has 4 aromatic rings. The predicted molar refractivity (Wildman–Crippen MR) is 152 cm³/mol. The van der Waals surface area contributed by atoms with Crippen LogP contribution in [0.25, 0.3) is 10.8 Å². The zero-order chi connectivity index (χ0) is 26.2. The van der Waals surface area contributed by atoms with Gasteiger partial charge >= 0.3 is 0 Å². The Bertz CT molecular complexity index is 1460. The van der Waals surface area contributed by atoms with Gasteiger partial charge in [-0.2, -0.15) is 5.10 Å². The number of hydrogen-bond acceptors (Lipinski definition) is 6. The Hall–Kier alpha value is -4.12. The van der Waals surface area contributed by atoms with Gasteiger partial charge in [0.05, 0.1) is 29.6 Å². The van der Waals surface area contributed by atoms with Crippen LogP contribution in [0.15, 0.2) is 84.0 Å². The molecule has 0 spiro atoms. The fourth-order valence-electron chi connectivity index (χ4n) is 3.60. The highest BCUT2D eigenvalue weighted by Gasteiger charge is 2.15. The number of nitrogens with zero attached hydrogens (tertiary/aromatic N) is 1. The quantitative estimate of drug-likeness (QED) is 0.154. The Morgan fingerprint density at radius 2 is 1.57 bits per heavy atom. The number of amides is 2. The van der Waals surface area contributed by atoms with E-state index in [-0.39, 0.29) is 12.5 Å². The summed E-state index contributed by atoms with van der Waals surface area (Å²) in [7, 11) is 3.03. The van der Waals surface area contributed by atoms with E-state index >= 15 is 0 Å². The monoisotopic (exact) mass is 609 g/mol. The van der Waals surface area contributed by atoms with Crippen molar-refractivity contribution in [2.45, 2.75) is 0 Å². The molecule has 0 radical (unpaired) electrons. The molecule has 0 unspecified atom stereocenters. The van der Waals surface area contributed by atoms with Gasteiger partial charge in [0, 0.05) is 5.69 Å². The van der Waals surface area contributed by atoms with Crippen molar-refractivity contribution in [2.24, 2.45) is 5.10 Å². The lowest BCUT2D eigenvalue weighted by molar-refractivity contribution is -0.118. The Kier molecular flexibility index (Phi) is 8.57. The minimum Gasteiger partial charge on any atom is -0.496 e. The van der Waals surface area contributed by atoms with E-state index in [1.165, 1.54) is 20.4 Å². The minimum atomic E-state index is -0.398. The van der Waals surface area contributed by atoms with Gasteiger partial charge in [0.25, 0.3) is 11.8 Å². The zero-order valence-electron chi connectivity index (χ0n) is 20.2. The lowest BCUT2D eigenvalue weighted by atomic mass is 10.1. The van der Waals surface area contributed by atoms with Crippen LogP contribution < -0.4 is 25.0 Å². The largest absolute Gasteiger partial charge is 0.496 e. The summed E-state index contributed by atoms with van der Waals surface area (Å²) in [6.07, 6.45) is 1.50. The highest BCUT2D eigenvalue weighted by Crippen LogP contribution is 2.33. The first kappa shape index (κ1) is 26.0. The molecular formula is C28H24IN3O5. The summed E-state index contributed by atoms with van der Waals surface area (Å²) >= 11 is 2.09. The van der Waals surface area contributed by atoms with Crippen molar-refractivity contribution in [3.05, 3.63) is 93.6 Å². The van der Waals surface area contributed by atoms with Crippen molar-refractivity contribution in [3.8, 4) is 17.2 Å². The van der Waals surface area contributed by atoms with Crippen molar-refractivity contribution < 1.29 is 23.8 Å². The number of hydrogen-bond donors (Lipinski definition) is 2. The average Bonchev–Trinajstić information content (AvgIpc) is 2.91. The van der Waals surface area contributed by atoms with Crippen LogP contribution in [0, 0.1) is 3.57 Å². The molecule has 0 aliphatic rings. The number of hydrazone groups is 1. The second-order valence-corrected chi connectivity index (χ2v) is 9.00. The molecule has 37 heavy (non-hydrogen) atoms. The van der Waals surface area contributed by atoms with Gasteiger partial charge in [-0.15, -0.1) is 0 Å². The van der Waals surface area contributed by atoms with Crippen LogP contribution in [0.1, 0.15) is 15.9 Å². The van der Waals surface area contributed by atoms with Gasteiger partial charge in [-0.05, 0) is 75.3 Å². The van der Waals surface area contributed by atoms with E-state index in [0.29, 0.717) is 37.6 Å². The first-order valence-electron chi connectivity index (χ1n) is 11.2. The van der Waals surface area contributed by atoms with Gasteiger partial charge < -0.3 is 19.5 Å². The molecule has 0 fully saturated rings. The molecule has 4 aromatic carbocycles. The third kappa shape index (κ3) is 6.56. The minimum absolute atomic E-state index is 0.182. The molecule has 2 amide bonds. The average molecular weight is 609 g/mol. The fraction of sp³-hybridized carbons (Fsp3) is 0.107. The van der Waals surface area contributed by atoms with Crippen LogP contribution in [0.3, 0.4) is 0 Å². The van der Waals surface area contributed by atoms with Crippen molar-refractivity contribution in [1.29, 1.82) is 0 Å². The van der Waals surface area contributed by atoms with E-state index in [1.54, 1.807) is 30.3 Å². The van der Waals surface area contributed by atoms with Crippen LogP contribution in [-0.4, -0.2) is 38.9 Å². The number of fused-ring (bicyclic) bond motifs is 1. The van der Waals surface area contributed by atoms with E-state index in [2.05, 4.69) is 38.4 Å². The zero-order valence-corrected chi connectivity index (χ0v) is 22.3. The van der Waals surface area contributed by atoms with Gasteiger partial charge in [-0.25, -0.2) is 5.43 Å². The summed E-state index contributed by atoms with van der Waals surface area (Å²) in [6.45, 7) is -0.182. The summed E-state index contributed by atoms with van der Waals surface area (Å²) in [5.74, 6) is 0.642. The van der Waals surface area contributed by atoms with Gasteiger partial charge in [0.15, 0.2) is 18.1 Å². The molecule has 8 nitrogen and oxygen atoms in total. The number of carbonyl (C=O) groups is 2. The Morgan fingerprint density at radius 3 is 2.27 bits per heavy atom. The number of ether oxygens (including phenoxy) is 3. The molecule has 188 valence electrons. The predicted octanol–water partition coefficient (Wildman–Crippen LogP) is 5.24. The van der Waals surface area contributed by atoms with E-state index in [1.807, 2.05) is 48.5 Å². The third-order valence-electron chi connectivity index (χ3n) is 5.35. The van der Waals surface area contributed by atoms with Gasteiger partial charge in [0.1, 0.15) is 5.75 Å². The molecule has 0 aliphatic carbocycles. The summed E-state index contributed by atoms with van der Waals surface area (Å²) in [5, 5.41) is 8.76. The van der Waals surface area contributed by atoms with Crippen molar-refractivity contribution in [1.82, 2.24) is 5.43 Å². The first-order valence-corrected chi connectivity index (χ1v) is 12.3. The standard InChI is InChI=1S/C28H24IN3O5/c1-35-24-15-20-9-7-6-8-19(20)14-22(24)28(34)32-30-16-18-12-23(29)27(25(13-18)36-2)37-17-26(33)31-21-10-4-3-5-11-21/h3-16H,17H2,1-2H3,(H,31,33)(H,32,34)/b30-16-. The van der Waals surface area contributed by atoms with E-state index in [0.717, 1.165) is 10.8 Å². The van der Waals surface area contributed by atoms with Crippen molar-refractivity contribution in [2.75, 3.05) is 26.1 Å². The molecular weight excluding hydrogens is 585 g/mol. The number of methoxy groups -OCH3 is 2. The molecule has 0 aliphatic heterocycles. The highest BCUT2D eigenvalue weighted by molar-refractivity contribution is 14.1. The van der Waals surface area contributed by atoms with Crippen molar-refractivity contribution in [3.63, 3.8) is 0 Å². The number of halogens is 1. The van der Waals surface area contributed by atoms with Crippen LogP contribution in [0.4, 0.5) is 5.69 Å². The number of benzene rings is 4. The normalized spacial score (nSPS) is 10.8. The number of para-hydroxylation sites is 1. The molecule has 0 saturated carbocycles. The number of anilines is 1. The van der Waals surface area contributed by atoms with Crippen LogP contribution >= 0.6 is 22.6 Å². The summed E-state index contributed by atoms with van der Waals surface area (Å²) in [5.41, 5.74) is 4.28. The molecule has 4 rings (SSSR count). The second-order valence-electron chi connectivity index (χ2n) is 7.84. The maximum Gasteiger partial charge on any atom is 0.275 e. The Morgan fingerprint density at radius 1 is 0.892 bits per heavy atom. The lowest BCUT2D eigenvalue weighted by Crippen LogP contribution is -2.20. The van der Waals surface area contributed by atoms with Crippen molar-refractivity contribution >= 4 is 57.1 Å². The smallest absolute Gasteiger partial charge is 0.275 e. The second kappa shape index (κ2) is 12.2. The number of rotatable bonds is 9. The topological polar surface area (TPSA) is 98.3 Å². The molecule has 2 N–H and O–H groups in total. The fourth-order valence-corrected chi connectivity index (χ4v) is 4.38. The van der Waals surface area contributed by atoms with Gasteiger partial charge in [0.2, 0.25) is 0 Å². The molecule has 0 atom stereocenters. The summed E-state index contributed by atoms with van der Waals surface area (Å²) in [6, 6.07) is 24.0. The molecule has 0 saturated heterocycles. The Balaban J connectivity index is 1.43. The van der Waals surface area contributed by atoms with E-state index < -0.39 is 5.91 Å². The molecule has 0 bridgehead atoms. The lowest BCUT2D eigenvalue weighted by Gasteiger charge is -2.13.